The number of rotatable bonds is 8. The van der Waals surface area contributed by atoms with Crippen molar-refractivity contribution in [2.24, 2.45) is 11.8 Å². The summed E-state index contributed by atoms with van der Waals surface area (Å²) >= 11 is 1.60. The molecule has 2 saturated heterocycles. The molecule has 5 atom stereocenters. The molecule has 1 N–H and O–H groups in total. The number of carbonyl (C=O) groups excluding carboxylic acids is 3. The van der Waals surface area contributed by atoms with Crippen molar-refractivity contribution in [3.05, 3.63) is 24.3 Å². The predicted octanol–water partition coefficient (Wildman–Crippen LogP) is 2.06. The summed E-state index contributed by atoms with van der Waals surface area (Å²) in [6, 6.07) is -0.697. The first kappa shape index (κ1) is 24.3. The smallest absolute Gasteiger partial charge is 0.247 e. The summed E-state index contributed by atoms with van der Waals surface area (Å²) < 4.78 is -1.37. The molecular weight excluding hydrogens is 438 g/mol. The van der Waals surface area contributed by atoms with Crippen LogP contribution in [0.4, 0.5) is 0 Å². The number of unbranched alkanes of at least 4 members (excludes halogenated alkanes) is 2. The summed E-state index contributed by atoms with van der Waals surface area (Å²) in [6.45, 7) is 8.50. The molecule has 0 aromatic carbocycles. The van der Waals surface area contributed by atoms with E-state index in [0.29, 0.717) is 26.2 Å². The number of nitrogens with zero attached hydrogens (tertiary/aromatic N) is 3. The van der Waals surface area contributed by atoms with Gasteiger partial charge in [-0.2, -0.15) is 0 Å². The van der Waals surface area contributed by atoms with Crippen LogP contribution in [0.25, 0.3) is 0 Å². The Morgan fingerprint density at radius 1 is 0.909 bits per heavy atom. The zero-order chi connectivity index (χ0) is 23.8. The fraction of sp³-hybridized carbons (Fsp3) is 0.720. The molecule has 0 aromatic heterocycles. The molecular formula is C25H37N3O4S. The lowest BCUT2D eigenvalue weighted by Gasteiger charge is -2.36. The molecule has 33 heavy (non-hydrogen) atoms. The minimum absolute atomic E-state index is 0.00145. The molecule has 0 aliphatic carbocycles. The number of β-amino-alcohol motifs (C(OH)–C–C–N with tert-alkyl or cyclic N) is 1. The lowest BCUT2D eigenvalue weighted by Crippen LogP contribution is -2.54. The maximum atomic E-state index is 13.9. The predicted molar refractivity (Wildman–Crippen MR) is 130 cm³/mol. The first-order valence-electron chi connectivity index (χ1n) is 12.4. The highest BCUT2D eigenvalue weighted by Gasteiger charge is 2.73. The first-order valence-corrected chi connectivity index (χ1v) is 13.2. The van der Waals surface area contributed by atoms with Gasteiger partial charge >= 0.3 is 0 Å². The van der Waals surface area contributed by atoms with E-state index in [0.717, 1.165) is 25.7 Å². The van der Waals surface area contributed by atoms with Gasteiger partial charge in [-0.1, -0.05) is 51.0 Å². The zero-order valence-electron chi connectivity index (χ0n) is 20.0. The Kier molecular flexibility index (Phi) is 6.97. The maximum Gasteiger partial charge on any atom is 0.247 e. The van der Waals surface area contributed by atoms with E-state index in [9.17, 15) is 19.5 Å². The average Bonchev–Trinajstić information content (AvgIpc) is 3.04. The van der Waals surface area contributed by atoms with E-state index in [-0.39, 0.29) is 30.9 Å². The highest BCUT2D eigenvalue weighted by molar-refractivity contribution is 8.02. The van der Waals surface area contributed by atoms with Gasteiger partial charge in [-0.3, -0.25) is 14.4 Å². The fourth-order valence-electron chi connectivity index (χ4n) is 6.19. The lowest BCUT2D eigenvalue weighted by molar-refractivity contribution is -0.145. The van der Waals surface area contributed by atoms with Crippen LogP contribution in [0.1, 0.15) is 46.5 Å². The number of amides is 3. The van der Waals surface area contributed by atoms with Crippen molar-refractivity contribution >= 4 is 29.5 Å². The van der Waals surface area contributed by atoms with Gasteiger partial charge < -0.3 is 19.8 Å². The molecule has 4 aliphatic rings. The minimum Gasteiger partial charge on any atom is -0.395 e. The zero-order valence-corrected chi connectivity index (χ0v) is 20.9. The topological polar surface area (TPSA) is 81.2 Å². The molecule has 0 bridgehead atoms. The number of hydrogen-bond acceptors (Lipinski definition) is 5. The first-order chi connectivity index (χ1) is 15.8. The largest absolute Gasteiger partial charge is 0.395 e. The molecule has 7 nitrogen and oxygen atoms in total. The van der Waals surface area contributed by atoms with Crippen LogP contribution in [0.2, 0.25) is 0 Å². The number of thioether (sulfide) groups is 1. The van der Waals surface area contributed by atoms with Gasteiger partial charge in [-0.15, -0.1) is 11.8 Å². The molecule has 4 aliphatic heterocycles. The molecule has 4 heterocycles. The molecule has 3 amide bonds. The Morgan fingerprint density at radius 3 is 2.27 bits per heavy atom. The van der Waals surface area contributed by atoms with Crippen molar-refractivity contribution < 1.29 is 19.5 Å². The lowest BCUT2D eigenvalue weighted by atomic mass is 9.74. The molecule has 1 unspecified atom stereocenters. The number of hydrogen-bond donors (Lipinski definition) is 1. The Hall–Kier alpha value is -1.80. The van der Waals surface area contributed by atoms with Crippen LogP contribution in [0.15, 0.2) is 24.3 Å². The van der Waals surface area contributed by atoms with Gasteiger partial charge in [0, 0.05) is 37.5 Å². The molecule has 182 valence electrons. The Bertz CT molecular complexity index is 861. The van der Waals surface area contributed by atoms with E-state index >= 15 is 0 Å². The summed E-state index contributed by atoms with van der Waals surface area (Å²) in [4.78, 5) is 46.8. The second kappa shape index (κ2) is 9.45. The average molecular weight is 476 g/mol. The molecule has 0 radical (unpaired) electrons. The number of carbonyl (C=O) groups is 3. The van der Waals surface area contributed by atoms with Crippen LogP contribution in [0.3, 0.4) is 0 Å². The van der Waals surface area contributed by atoms with Crippen molar-refractivity contribution in [2.75, 3.05) is 39.3 Å². The van der Waals surface area contributed by atoms with Crippen LogP contribution >= 0.6 is 11.8 Å². The maximum absolute atomic E-state index is 13.9. The van der Waals surface area contributed by atoms with Crippen LogP contribution < -0.4 is 0 Å². The second-order valence-corrected chi connectivity index (χ2v) is 11.6. The minimum atomic E-state index is -0.808. The van der Waals surface area contributed by atoms with Crippen LogP contribution in [-0.4, -0.2) is 92.4 Å². The molecule has 4 rings (SSSR count). The van der Waals surface area contributed by atoms with E-state index in [1.807, 2.05) is 41.9 Å². The fourth-order valence-corrected chi connectivity index (χ4v) is 8.35. The number of likely N-dealkylation sites (tertiary alicyclic amines) is 1. The highest BCUT2D eigenvalue weighted by Crippen LogP contribution is 2.65. The summed E-state index contributed by atoms with van der Waals surface area (Å²) in [7, 11) is 0. The van der Waals surface area contributed by atoms with Gasteiger partial charge in [0.2, 0.25) is 17.7 Å². The summed E-state index contributed by atoms with van der Waals surface area (Å²) in [5.41, 5.74) is 0. The molecule has 8 heteroatoms. The summed E-state index contributed by atoms with van der Waals surface area (Å²) in [5.74, 6) is -1.38. The van der Waals surface area contributed by atoms with E-state index in [1.54, 1.807) is 16.7 Å². The van der Waals surface area contributed by atoms with Crippen LogP contribution in [-0.2, 0) is 14.4 Å². The Balaban J connectivity index is 1.78. The summed E-state index contributed by atoms with van der Waals surface area (Å²) in [6.07, 6.45) is 12.1. The van der Waals surface area contributed by atoms with Gasteiger partial charge in [0.15, 0.2) is 0 Å². The number of aliphatic hydroxyl groups excluding tert-OH is 1. The van der Waals surface area contributed by atoms with Crippen LogP contribution in [0.5, 0.6) is 0 Å². The van der Waals surface area contributed by atoms with E-state index < -0.39 is 27.4 Å². The molecule has 0 saturated carbocycles. The van der Waals surface area contributed by atoms with Gasteiger partial charge in [-0.25, -0.2) is 0 Å². The van der Waals surface area contributed by atoms with Crippen molar-refractivity contribution in [1.82, 2.24) is 14.7 Å². The standard InChI is InChI=1S/C25H37N3O4S/c1-4-6-7-13-27-15-9-11-25-19(22(31)28(16-17-29)20(25)23(27)32)18-21(30)26(12-5-2)14-8-10-24(18,3)33-25/h8-11,18-20,29H,4-7,12-17H2,1-3H3/t18-,19-,20?,24+,25-/m0/s1. The Labute approximate surface area is 201 Å². The molecule has 1 spiro atoms. The highest BCUT2D eigenvalue weighted by atomic mass is 32.2. The third-order valence-corrected chi connectivity index (χ3v) is 9.39. The van der Waals surface area contributed by atoms with Gasteiger partial charge in [-0.05, 0) is 19.8 Å². The SMILES string of the molecule is CCCCCN1CC=C[C@]23S[C@]4(C)C=CCN(CCC)C(=O)[C@@H]4[C@H]2C(=O)N(CCO)C3C1=O. The monoisotopic (exact) mass is 475 g/mol. The van der Waals surface area contributed by atoms with Crippen molar-refractivity contribution in [2.45, 2.75) is 62.0 Å². The van der Waals surface area contributed by atoms with Crippen LogP contribution in [0, 0.1) is 11.8 Å². The number of aliphatic hydroxyl groups is 1. The van der Waals surface area contributed by atoms with E-state index in [2.05, 4.69) is 13.0 Å². The quantitative estimate of drug-likeness (QED) is 0.429. The van der Waals surface area contributed by atoms with E-state index in [1.165, 1.54) is 0 Å². The van der Waals surface area contributed by atoms with Gasteiger partial charge in [0.05, 0.1) is 23.2 Å². The second-order valence-electron chi connectivity index (χ2n) is 9.83. The molecule has 0 aromatic rings. The normalized spacial score (nSPS) is 35.6. The third kappa shape index (κ3) is 3.83. The van der Waals surface area contributed by atoms with Crippen molar-refractivity contribution in [3.63, 3.8) is 0 Å². The molecule has 2 fully saturated rings. The van der Waals surface area contributed by atoms with Crippen molar-refractivity contribution in [1.29, 1.82) is 0 Å². The van der Waals surface area contributed by atoms with Gasteiger partial charge in [0.25, 0.3) is 0 Å². The Morgan fingerprint density at radius 2 is 1.61 bits per heavy atom. The van der Waals surface area contributed by atoms with Gasteiger partial charge in [0.1, 0.15) is 6.04 Å². The number of fused-ring (bicyclic) bond motifs is 2. The third-order valence-electron chi connectivity index (χ3n) is 7.59. The summed E-state index contributed by atoms with van der Waals surface area (Å²) in [5, 5.41) is 9.75. The van der Waals surface area contributed by atoms with Crippen molar-refractivity contribution in [3.8, 4) is 0 Å². The van der Waals surface area contributed by atoms with E-state index in [4.69, 9.17) is 0 Å².